The summed E-state index contributed by atoms with van der Waals surface area (Å²) in [7, 11) is 3.33. The number of aromatic nitrogens is 2. The summed E-state index contributed by atoms with van der Waals surface area (Å²) >= 11 is 6.26. The van der Waals surface area contributed by atoms with Crippen LogP contribution >= 0.6 is 11.6 Å². The molecule has 0 spiro atoms. The van der Waals surface area contributed by atoms with Crippen LogP contribution in [-0.2, 0) is 7.05 Å². The Morgan fingerprint density at radius 1 is 1.03 bits per heavy atom. The Labute approximate surface area is 193 Å². The van der Waals surface area contributed by atoms with E-state index in [4.69, 9.17) is 21.1 Å². The molecule has 168 valence electrons. The second-order valence-electron chi connectivity index (χ2n) is 7.54. The van der Waals surface area contributed by atoms with Crippen molar-refractivity contribution in [3.05, 3.63) is 64.1 Å². The lowest BCUT2D eigenvalue weighted by atomic mass is 10.0. The summed E-state index contributed by atoms with van der Waals surface area (Å²) in [6.07, 6.45) is 0.139. The normalized spacial score (nSPS) is 10.8. The minimum absolute atomic E-state index is 0.0622. The van der Waals surface area contributed by atoms with E-state index in [2.05, 4.69) is 4.98 Å². The molecule has 3 rings (SSSR count). The predicted molar refractivity (Wildman–Crippen MR) is 125 cm³/mol. The Bertz CT molecular complexity index is 1170. The van der Waals surface area contributed by atoms with Gasteiger partial charge in [0.05, 0.1) is 19.4 Å². The number of ketones is 2. The molecule has 2 aromatic carbocycles. The number of methoxy groups -OCH3 is 1. The highest BCUT2D eigenvalue weighted by Crippen LogP contribution is 2.30. The van der Waals surface area contributed by atoms with E-state index in [1.807, 2.05) is 39.0 Å². The molecule has 1 aromatic heterocycles. The smallest absolute Gasteiger partial charge is 0.198 e. The molecule has 0 unspecified atom stereocenters. The van der Waals surface area contributed by atoms with Crippen molar-refractivity contribution >= 4 is 23.2 Å². The van der Waals surface area contributed by atoms with Gasteiger partial charge >= 0.3 is 0 Å². The lowest BCUT2D eigenvalue weighted by molar-refractivity contribution is 0.0910. The van der Waals surface area contributed by atoms with Crippen LogP contribution in [0.5, 0.6) is 11.5 Å². The van der Waals surface area contributed by atoms with Crippen LogP contribution in [0.4, 0.5) is 0 Å². The number of nitrogens with zero attached hydrogens (tertiary/aromatic N) is 2. The second kappa shape index (κ2) is 10.0. The van der Waals surface area contributed by atoms with Crippen molar-refractivity contribution in [3.8, 4) is 22.8 Å². The van der Waals surface area contributed by atoms with Crippen LogP contribution in [0.3, 0.4) is 0 Å². The Hall–Kier alpha value is -3.12. The molecule has 0 amide bonds. The summed E-state index contributed by atoms with van der Waals surface area (Å²) in [5.41, 5.74) is 3.87. The third-order valence-electron chi connectivity index (χ3n) is 5.44. The van der Waals surface area contributed by atoms with Crippen LogP contribution < -0.4 is 9.47 Å². The standard InChI is InChI=1S/C25H27ClN2O4/c1-6-32-22-12-9-17(14-23(22)31-5)20(29)10-11-21(30)25-27-24(16(3)28(25)4)18-8-7-15(2)19(26)13-18/h7-9,12-14H,6,10-11H2,1-5H3. The van der Waals surface area contributed by atoms with E-state index in [1.165, 1.54) is 7.11 Å². The first-order valence-corrected chi connectivity index (χ1v) is 10.8. The molecule has 32 heavy (non-hydrogen) atoms. The molecule has 0 atom stereocenters. The molecular formula is C25H27ClN2O4. The largest absolute Gasteiger partial charge is 0.493 e. The maximum atomic E-state index is 12.9. The fourth-order valence-electron chi connectivity index (χ4n) is 3.44. The van der Waals surface area contributed by atoms with Crippen molar-refractivity contribution in [1.29, 1.82) is 0 Å². The third-order valence-corrected chi connectivity index (χ3v) is 5.85. The molecule has 0 saturated carbocycles. The van der Waals surface area contributed by atoms with E-state index >= 15 is 0 Å². The van der Waals surface area contributed by atoms with Gasteiger partial charge in [0.15, 0.2) is 28.9 Å². The molecule has 6 nitrogen and oxygen atoms in total. The first-order valence-electron chi connectivity index (χ1n) is 10.4. The van der Waals surface area contributed by atoms with E-state index < -0.39 is 0 Å². The third kappa shape index (κ3) is 4.86. The second-order valence-corrected chi connectivity index (χ2v) is 7.94. The van der Waals surface area contributed by atoms with Gasteiger partial charge in [0, 0.05) is 41.7 Å². The average Bonchev–Trinajstić information content (AvgIpc) is 3.08. The zero-order valence-electron chi connectivity index (χ0n) is 19.0. The minimum Gasteiger partial charge on any atom is -0.493 e. The van der Waals surface area contributed by atoms with Gasteiger partial charge in [0.25, 0.3) is 0 Å². The van der Waals surface area contributed by atoms with E-state index in [0.29, 0.717) is 40.2 Å². The molecule has 3 aromatic rings. The molecule has 0 aliphatic heterocycles. The number of hydrogen-bond donors (Lipinski definition) is 0. The van der Waals surface area contributed by atoms with Gasteiger partial charge in [0.2, 0.25) is 0 Å². The summed E-state index contributed by atoms with van der Waals surface area (Å²) in [5, 5.41) is 0.650. The van der Waals surface area contributed by atoms with Crippen molar-refractivity contribution in [2.24, 2.45) is 7.05 Å². The molecule has 0 saturated heterocycles. The summed E-state index contributed by atoms with van der Waals surface area (Å²) in [5.74, 6) is 1.06. The number of benzene rings is 2. The number of Topliss-reactive ketones (excluding diaryl/α,β-unsaturated/α-hetero) is 2. The molecular weight excluding hydrogens is 428 g/mol. The quantitative estimate of drug-likeness (QED) is 0.393. The minimum atomic E-state index is -0.189. The maximum Gasteiger partial charge on any atom is 0.198 e. The first-order chi connectivity index (χ1) is 15.3. The number of aryl methyl sites for hydroxylation is 1. The number of imidazole rings is 1. The zero-order chi connectivity index (χ0) is 23.4. The predicted octanol–water partition coefficient (Wildman–Crippen LogP) is 5.61. The van der Waals surface area contributed by atoms with Gasteiger partial charge in [-0.3, -0.25) is 9.59 Å². The van der Waals surface area contributed by atoms with Crippen LogP contribution in [-0.4, -0.2) is 34.8 Å². The molecule has 0 fully saturated rings. The number of ether oxygens (including phenoxy) is 2. The Morgan fingerprint density at radius 3 is 2.41 bits per heavy atom. The number of carbonyl (C=O) groups is 2. The van der Waals surface area contributed by atoms with Crippen molar-refractivity contribution in [2.75, 3.05) is 13.7 Å². The van der Waals surface area contributed by atoms with Crippen molar-refractivity contribution < 1.29 is 19.1 Å². The van der Waals surface area contributed by atoms with Crippen LogP contribution in [0.15, 0.2) is 36.4 Å². The SMILES string of the molecule is CCOc1ccc(C(=O)CCC(=O)c2nc(-c3ccc(C)c(Cl)c3)c(C)n2C)cc1OC. The fourth-order valence-corrected chi connectivity index (χ4v) is 3.62. The Kier molecular flexibility index (Phi) is 7.36. The summed E-state index contributed by atoms with van der Waals surface area (Å²) in [6.45, 7) is 6.22. The van der Waals surface area contributed by atoms with E-state index in [1.54, 1.807) is 29.8 Å². The highest BCUT2D eigenvalue weighted by molar-refractivity contribution is 6.31. The van der Waals surface area contributed by atoms with Gasteiger partial charge < -0.3 is 14.0 Å². The molecule has 0 N–H and O–H groups in total. The van der Waals surface area contributed by atoms with Crippen LogP contribution in [0, 0.1) is 13.8 Å². The van der Waals surface area contributed by atoms with Crippen molar-refractivity contribution in [3.63, 3.8) is 0 Å². The van der Waals surface area contributed by atoms with Gasteiger partial charge in [-0.15, -0.1) is 0 Å². The van der Waals surface area contributed by atoms with Crippen molar-refractivity contribution in [2.45, 2.75) is 33.6 Å². The van der Waals surface area contributed by atoms with Crippen LogP contribution in [0.1, 0.15) is 52.0 Å². The Morgan fingerprint density at radius 2 is 1.75 bits per heavy atom. The number of carbonyl (C=O) groups excluding carboxylic acids is 2. The van der Waals surface area contributed by atoms with Gasteiger partial charge in [-0.05, 0) is 50.6 Å². The summed E-state index contributed by atoms with van der Waals surface area (Å²) in [4.78, 5) is 30.1. The molecule has 7 heteroatoms. The number of hydrogen-bond acceptors (Lipinski definition) is 5. The highest BCUT2D eigenvalue weighted by atomic mass is 35.5. The summed E-state index contributed by atoms with van der Waals surface area (Å²) in [6, 6.07) is 10.7. The average molecular weight is 455 g/mol. The highest BCUT2D eigenvalue weighted by Gasteiger charge is 2.20. The molecule has 0 bridgehead atoms. The van der Waals surface area contributed by atoms with E-state index in [9.17, 15) is 9.59 Å². The van der Waals surface area contributed by atoms with Crippen LogP contribution in [0.25, 0.3) is 11.3 Å². The topological polar surface area (TPSA) is 70.4 Å². The van der Waals surface area contributed by atoms with Gasteiger partial charge in [-0.2, -0.15) is 0 Å². The monoisotopic (exact) mass is 454 g/mol. The molecule has 0 aliphatic carbocycles. The fraction of sp³-hybridized carbons (Fsp3) is 0.320. The lowest BCUT2D eigenvalue weighted by Crippen LogP contribution is -2.11. The van der Waals surface area contributed by atoms with Crippen molar-refractivity contribution in [1.82, 2.24) is 9.55 Å². The number of halogens is 1. The van der Waals surface area contributed by atoms with E-state index in [-0.39, 0.29) is 24.4 Å². The zero-order valence-corrected chi connectivity index (χ0v) is 19.7. The first kappa shape index (κ1) is 23.5. The van der Waals surface area contributed by atoms with E-state index in [0.717, 1.165) is 16.8 Å². The molecule has 0 radical (unpaired) electrons. The molecule has 0 aliphatic rings. The van der Waals surface area contributed by atoms with Gasteiger partial charge in [-0.1, -0.05) is 23.7 Å². The lowest BCUT2D eigenvalue weighted by Gasteiger charge is -2.10. The Balaban J connectivity index is 1.75. The van der Waals surface area contributed by atoms with Gasteiger partial charge in [0.1, 0.15) is 0 Å². The molecule has 1 heterocycles. The van der Waals surface area contributed by atoms with Gasteiger partial charge in [-0.25, -0.2) is 4.98 Å². The maximum absolute atomic E-state index is 12.9. The summed E-state index contributed by atoms with van der Waals surface area (Å²) < 4.78 is 12.6. The number of rotatable bonds is 9. The van der Waals surface area contributed by atoms with Crippen LogP contribution in [0.2, 0.25) is 5.02 Å².